The van der Waals surface area contributed by atoms with E-state index in [1.54, 1.807) is 5.01 Å². The van der Waals surface area contributed by atoms with E-state index in [2.05, 4.69) is 29.4 Å². The largest absolute Gasteiger partial charge is 0.489 e. The van der Waals surface area contributed by atoms with Gasteiger partial charge in [-0.05, 0) is 43.3 Å². The lowest BCUT2D eigenvalue weighted by Gasteiger charge is -2.16. The topological polar surface area (TPSA) is 155 Å². The van der Waals surface area contributed by atoms with E-state index in [1.807, 2.05) is 37.3 Å². The first-order chi connectivity index (χ1) is 18.2. The van der Waals surface area contributed by atoms with Crippen LogP contribution in [0.25, 0.3) is 0 Å². The van der Waals surface area contributed by atoms with Crippen LogP contribution in [0.4, 0.5) is 17.2 Å². The summed E-state index contributed by atoms with van der Waals surface area (Å²) in [6.45, 7) is 1.81. The molecular formula is C23H22N8O4S3. The van der Waals surface area contributed by atoms with Crippen LogP contribution < -0.4 is 19.2 Å². The Bertz CT molecular complexity index is 1510. The molecule has 0 spiro atoms. The standard InChI is InChI=1S/C23H22N8O4S3/c1-14-18(20(24)31(28-14)16-7-5-4-6-8-16)23(36)37-30-27-15-9-11-17(12-10-15)38(32,33)29-21-19(34-2)22(35-3)26-13-25-21/h4-13,18,24H,1-3H3,(H,25,26,29). The van der Waals surface area contributed by atoms with E-state index in [0.29, 0.717) is 15.6 Å². The summed E-state index contributed by atoms with van der Waals surface area (Å²) in [6, 6.07) is 15.1. The van der Waals surface area contributed by atoms with Gasteiger partial charge in [-0.3, -0.25) is 10.1 Å². The summed E-state index contributed by atoms with van der Waals surface area (Å²) in [5, 5.41) is 18.6. The highest BCUT2D eigenvalue weighted by molar-refractivity contribution is 8.22. The van der Waals surface area contributed by atoms with Crippen molar-refractivity contribution in [3.05, 3.63) is 60.9 Å². The first-order valence-corrected chi connectivity index (χ1v) is 13.6. The Morgan fingerprint density at radius 1 is 1.11 bits per heavy atom. The van der Waals surface area contributed by atoms with Gasteiger partial charge in [-0.25, -0.2) is 18.4 Å². The molecule has 1 aliphatic heterocycles. The van der Waals surface area contributed by atoms with Crippen molar-refractivity contribution in [2.45, 2.75) is 11.8 Å². The smallest absolute Gasteiger partial charge is 0.263 e. The van der Waals surface area contributed by atoms with E-state index >= 15 is 0 Å². The second-order valence-electron chi connectivity index (χ2n) is 7.66. The van der Waals surface area contributed by atoms with Gasteiger partial charge in [0.1, 0.15) is 18.1 Å². The fourth-order valence-electron chi connectivity index (χ4n) is 3.44. The van der Waals surface area contributed by atoms with Gasteiger partial charge in [0.2, 0.25) is 5.75 Å². The zero-order valence-electron chi connectivity index (χ0n) is 20.4. The molecule has 0 radical (unpaired) electrons. The minimum atomic E-state index is -3.99. The highest BCUT2D eigenvalue weighted by atomic mass is 32.2. The predicted molar refractivity (Wildman–Crippen MR) is 150 cm³/mol. The Morgan fingerprint density at radius 3 is 2.47 bits per heavy atom. The molecule has 1 aromatic heterocycles. The molecule has 0 aliphatic carbocycles. The van der Waals surface area contributed by atoms with Crippen molar-refractivity contribution in [2.75, 3.05) is 24.0 Å². The monoisotopic (exact) mass is 570 g/mol. The zero-order chi connectivity index (χ0) is 27.3. The molecule has 0 fully saturated rings. The van der Waals surface area contributed by atoms with E-state index < -0.39 is 15.9 Å². The van der Waals surface area contributed by atoms with Crippen LogP contribution in [0.5, 0.6) is 11.6 Å². The maximum absolute atomic E-state index is 12.8. The van der Waals surface area contributed by atoms with Crippen molar-refractivity contribution in [1.29, 1.82) is 5.41 Å². The Hall–Kier alpha value is -3.95. The van der Waals surface area contributed by atoms with Gasteiger partial charge in [-0.1, -0.05) is 30.4 Å². The SMILES string of the molecule is COc1ncnc(NS(=O)(=O)c2ccc(N=NSC(=S)C3C(=N)N(c4ccccc4)N=C3C)cc2)c1OC. The van der Waals surface area contributed by atoms with Gasteiger partial charge < -0.3 is 9.47 Å². The van der Waals surface area contributed by atoms with Gasteiger partial charge in [0.05, 0.1) is 40.4 Å². The number of rotatable bonds is 9. The molecule has 2 N–H and O–H groups in total. The maximum atomic E-state index is 12.8. The van der Waals surface area contributed by atoms with Gasteiger partial charge >= 0.3 is 0 Å². The number of nitrogens with one attached hydrogen (secondary N) is 2. The Morgan fingerprint density at radius 2 is 1.82 bits per heavy atom. The molecule has 4 rings (SSSR count). The number of thiocarbonyl (C=S) groups is 1. The third-order valence-corrected chi connectivity index (χ3v) is 7.64. The summed E-state index contributed by atoms with van der Waals surface area (Å²) >= 11 is 6.46. The van der Waals surface area contributed by atoms with Crippen LogP contribution in [0.2, 0.25) is 0 Å². The number of benzene rings is 2. The average Bonchev–Trinajstić information content (AvgIpc) is 3.22. The van der Waals surface area contributed by atoms with Crippen LogP contribution in [0, 0.1) is 11.3 Å². The number of hydrogen-bond acceptors (Lipinski definition) is 12. The first kappa shape index (κ1) is 27.1. The average molecular weight is 571 g/mol. The van der Waals surface area contributed by atoms with Crippen molar-refractivity contribution < 1.29 is 17.9 Å². The van der Waals surface area contributed by atoms with Crippen LogP contribution in [-0.4, -0.2) is 48.3 Å². The van der Waals surface area contributed by atoms with Gasteiger partial charge in [0, 0.05) is 11.9 Å². The van der Waals surface area contributed by atoms with Gasteiger partial charge in [0.25, 0.3) is 15.9 Å². The molecule has 38 heavy (non-hydrogen) atoms. The number of nitrogens with zero attached hydrogens (tertiary/aromatic N) is 6. The number of para-hydroxylation sites is 1. The Kier molecular flexibility index (Phi) is 8.29. The van der Waals surface area contributed by atoms with E-state index in [-0.39, 0.29) is 28.2 Å². The summed E-state index contributed by atoms with van der Waals surface area (Å²) in [6.07, 6.45) is 1.16. The lowest BCUT2D eigenvalue weighted by Crippen LogP contribution is -2.29. The highest BCUT2D eigenvalue weighted by Gasteiger charge is 2.34. The number of hydrogen-bond donors (Lipinski definition) is 2. The molecule has 0 bridgehead atoms. The van der Waals surface area contributed by atoms with Gasteiger partial charge in [-0.15, -0.1) is 9.63 Å². The van der Waals surface area contributed by atoms with Crippen molar-refractivity contribution in [1.82, 2.24) is 9.97 Å². The summed E-state index contributed by atoms with van der Waals surface area (Å²) in [5.74, 6) is -0.158. The third-order valence-electron chi connectivity index (χ3n) is 5.25. The van der Waals surface area contributed by atoms with Crippen LogP contribution in [0.3, 0.4) is 0 Å². The number of amidine groups is 1. The molecular weight excluding hydrogens is 549 g/mol. The number of hydrazone groups is 1. The summed E-state index contributed by atoms with van der Waals surface area (Å²) < 4.78 is 42.8. The lowest BCUT2D eigenvalue weighted by molar-refractivity contribution is 0.342. The molecule has 0 amide bonds. The van der Waals surface area contributed by atoms with Crippen molar-refractivity contribution in [3.63, 3.8) is 0 Å². The Balaban J connectivity index is 1.40. The molecule has 0 saturated heterocycles. The normalized spacial score (nSPS) is 15.4. The van der Waals surface area contributed by atoms with Crippen LogP contribution in [0.15, 0.2) is 80.6 Å². The fourth-order valence-corrected chi connectivity index (χ4v) is 5.43. The van der Waals surface area contributed by atoms with Gasteiger partial charge in [-0.2, -0.15) is 10.1 Å². The van der Waals surface area contributed by atoms with Crippen LogP contribution in [-0.2, 0) is 10.0 Å². The summed E-state index contributed by atoms with van der Waals surface area (Å²) in [4.78, 5) is 7.79. The molecule has 12 nitrogen and oxygen atoms in total. The van der Waals surface area contributed by atoms with Crippen LogP contribution >= 0.6 is 24.2 Å². The number of methoxy groups -OCH3 is 2. The Labute approximate surface area is 228 Å². The summed E-state index contributed by atoms with van der Waals surface area (Å²) in [5.41, 5.74) is 1.88. The predicted octanol–water partition coefficient (Wildman–Crippen LogP) is 4.84. The van der Waals surface area contributed by atoms with E-state index in [1.165, 1.54) is 38.5 Å². The van der Waals surface area contributed by atoms with Gasteiger partial charge in [0.15, 0.2) is 5.82 Å². The zero-order valence-corrected chi connectivity index (χ0v) is 22.8. The minimum Gasteiger partial charge on any atom is -0.489 e. The molecule has 196 valence electrons. The quantitative estimate of drug-likeness (QED) is 0.209. The maximum Gasteiger partial charge on any atom is 0.263 e. The third kappa shape index (κ3) is 5.79. The fraction of sp³-hybridized carbons (Fsp3) is 0.174. The minimum absolute atomic E-state index is 0.0218. The number of sulfonamides is 1. The molecule has 2 heterocycles. The number of ether oxygens (including phenoxy) is 2. The molecule has 3 aromatic rings. The highest BCUT2D eigenvalue weighted by Crippen LogP contribution is 2.33. The van der Waals surface area contributed by atoms with E-state index in [9.17, 15) is 8.42 Å². The molecule has 1 aliphatic rings. The summed E-state index contributed by atoms with van der Waals surface area (Å²) in [7, 11) is -1.25. The van der Waals surface area contributed by atoms with Crippen LogP contribution in [0.1, 0.15) is 6.92 Å². The van der Waals surface area contributed by atoms with E-state index in [4.69, 9.17) is 27.1 Å². The first-order valence-electron chi connectivity index (χ1n) is 10.9. The lowest BCUT2D eigenvalue weighted by atomic mass is 10.1. The molecule has 0 saturated carbocycles. The molecule has 1 unspecified atom stereocenters. The molecule has 2 aromatic carbocycles. The second kappa shape index (κ2) is 11.6. The number of anilines is 2. The van der Waals surface area contributed by atoms with E-state index in [0.717, 1.165) is 24.0 Å². The molecule has 15 heteroatoms. The van der Waals surface area contributed by atoms with Crippen molar-refractivity contribution >= 4 is 67.1 Å². The number of aromatic nitrogens is 2. The van der Waals surface area contributed by atoms with Crippen molar-refractivity contribution in [3.8, 4) is 11.6 Å². The molecule has 1 atom stereocenters. The second-order valence-corrected chi connectivity index (χ2v) is 10.8. The van der Waals surface area contributed by atoms with Crippen molar-refractivity contribution in [2.24, 2.45) is 20.7 Å².